The van der Waals surface area contributed by atoms with Gasteiger partial charge in [-0.2, -0.15) is 5.10 Å². The third kappa shape index (κ3) is 4.91. The van der Waals surface area contributed by atoms with Crippen LogP contribution in [0.5, 0.6) is 0 Å². The summed E-state index contributed by atoms with van der Waals surface area (Å²) >= 11 is 6.55. The molecule has 1 aliphatic heterocycles. The number of aromatic carboxylic acids is 1. The lowest BCUT2D eigenvalue weighted by molar-refractivity contribution is -0.162. The van der Waals surface area contributed by atoms with Gasteiger partial charge in [-0.25, -0.2) is 22.6 Å². The summed E-state index contributed by atoms with van der Waals surface area (Å²) in [5.41, 5.74) is -0.476. The number of nitrogens with zero attached hydrogens (tertiary/aromatic N) is 3. The lowest BCUT2D eigenvalue weighted by Gasteiger charge is -2.48. The standard InChI is InChI=1S/C31H31ClF3N3O5/c1-30(43-2)14-37(15-30)26(39)16-6-9-19-23(13-16)38(36-25(19)18-8-7-17(28(41)42)12-22(18)33)27(40)24-20(4-3-5-21(24)32)31(10-11-31)29(34)35/h3-5,7-8,12,16,27,29,40H,6,9-11,13-15H2,1-2H3,(H,41,42). The van der Waals surface area contributed by atoms with E-state index in [1.54, 1.807) is 18.1 Å². The number of ether oxygens (including phenoxy) is 1. The Kier molecular flexibility index (Phi) is 7.34. The number of methoxy groups -OCH3 is 1. The fourth-order valence-corrected chi connectivity index (χ4v) is 6.78. The zero-order valence-corrected chi connectivity index (χ0v) is 24.4. The van der Waals surface area contributed by atoms with Crippen molar-refractivity contribution in [1.82, 2.24) is 14.7 Å². The van der Waals surface area contributed by atoms with E-state index in [9.17, 15) is 28.6 Å². The van der Waals surface area contributed by atoms with E-state index in [2.05, 4.69) is 5.10 Å². The second-order valence-electron chi connectivity index (χ2n) is 12.0. The highest BCUT2D eigenvalue weighted by atomic mass is 35.5. The fourth-order valence-electron chi connectivity index (χ4n) is 6.51. The first-order valence-corrected chi connectivity index (χ1v) is 14.5. The molecule has 12 heteroatoms. The number of hydrogen-bond donors (Lipinski definition) is 2. The van der Waals surface area contributed by atoms with E-state index in [-0.39, 0.29) is 58.1 Å². The lowest BCUT2D eigenvalue weighted by Crippen LogP contribution is -2.64. The molecule has 0 bridgehead atoms. The Morgan fingerprint density at radius 2 is 1.91 bits per heavy atom. The minimum absolute atomic E-state index is 0.0289. The van der Waals surface area contributed by atoms with Crippen LogP contribution in [0.25, 0.3) is 11.3 Å². The highest BCUT2D eigenvalue weighted by molar-refractivity contribution is 6.31. The largest absolute Gasteiger partial charge is 0.478 e. The van der Waals surface area contributed by atoms with Crippen LogP contribution in [-0.2, 0) is 27.8 Å². The van der Waals surface area contributed by atoms with Crippen molar-refractivity contribution in [2.24, 2.45) is 5.92 Å². The van der Waals surface area contributed by atoms with Crippen molar-refractivity contribution >= 4 is 23.5 Å². The molecule has 0 radical (unpaired) electrons. The maximum atomic E-state index is 15.3. The molecule has 1 saturated heterocycles. The number of aromatic nitrogens is 2. The molecule has 2 fully saturated rings. The van der Waals surface area contributed by atoms with Gasteiger partial charge in [0.2, 0.25) is 12.3 Å². The molecule has 6 rings (SSSR count). The number of benzene rings is 2. The van der Waals surface area contributed by atoms with E-state index >= 15 is 4.39 Å². The Hall–Kier alpha value is -3.41. The summed E-state index contributed by atoms with van der Waals surface area (Å²) in [6.07, 6.45) is -2.84. The molecule has 228 valence electrons. The zero-order valence-electron chi connectivity index (χ0n) is 23.6. The van der Waals surface area contributed by atoms with E-state index in [0.717, 1.165) is 6.07 Å². The van der Waals surface area contributed by atoms with Gasteiger partial charge in [0, 0.05) is 46.9 Å². The van der Waals surface area contributed by atoms with E-state index < -0.39 is 41.4 Å². The van der Waals surface area contributed by atoms with E-state index in [4.69, 9.17) is 16.3 Å². The quantitative estimate of drug-likeness (QED) is 0.359. The summed E-state index contributed by atoms with van der Waals surface area (Å²) in [5.74, 6) is -2.63. The van der Waals surface area contributed by atoms with Gasteiger partial charge in [0.1, 0.15) is 5.82 Å². The predicted molar refractivity (Wildman–Crippen MR) is 151 cm³/mol. The molecular formula is C31H31ClF3N3O5. The number of aliphatic hydroxyl groups is 1. The maximum absolute atomic E-state index is 15.3. The molecule has 2 aromatic carbocycles. The summed E-state index contributed by atoms with van der Waals surface area (Å²) in [6, 6.07) is 8.09. The van der Waals surface area contributed by atoms with Crippen LogP contribution in [0.2, 0.25) is 5.02 Å². The number of carbonyl (C=O) groups is 2. The highest BCUT2D eigenvalue weighted by Gasteiger charge is 2.54. The number of rotatable bonds is 8. The number of fused-ring (bicyclic) bond motifs is 1. The third-order valence-corrected chi connectivity index (χ3v) is 9.59. The lowest BCUT2D eigenvalue weighted by atomic mass is 9.83. The van der Waals surface area contributed by atoms with Crippen molar-refractivity contribution < 1.29 is 37.7 Å². The zero-order chi connectivity index (χ0) is 30.8. The SMILES string of the molecule is COC1(C)CN(C(=O)C2CCc3c(-c4ccc(C(=O)O)cc4F)nn(C(O)c4c(Cl)cccc4C4(C(F)F)CC4)c3C2)C1. The second kappa shape index (κ2) is 10.6. The van der Waals surface area contributed by atoms with E-state index in [1.165, 1.54) is 28.9 Å². The van der Waals surface area contributed by atoms with Crippen molar-refractivity contribution in [3.63, 3.8) is 0 Å². The molecular weight excluding hydrogens is 587 g/mol. The summed E-state index contributed by atoms with van der Waals surface area (Å²) in [4.78, 5) is 26.6. The number of carbonyl (C=O) groups excluding carboxylic acids is 1. The molecule has 2 N–H and O–H groups in total. The van der Waals surface area contributed by atoms with Gasteiger partial charge in [-0.15, -0.1) is 0 Å². The van der Waals surface area contributed by atoms with Gasteiger partial charge in [0.25, 0.3) is 0 Å². The molecule has 2 heterocycles. The molecule has 3 aromatic rings. The van der Waals surface area contributed by atoms with Crippen molar-refractivity contribution in [3.8, 4) is 11.3 Å². The van der Waals surface area contributed by atoms with Crippen LogP contribution in [0, 0.1) is 11.7 Å². The first-order chi connectivity index (χ1) is 20.4. The predicted octanol–water partition coefficient (Wildman–Crippen LogP) is 5.23. The number of alkyl halides is 2. The van der Waals surface area contributed by atoms with Crippen LogP contribution >= 0.6 is 11.6 Å². The number of aliphatic hydroxyl groups excluding tert-OH is 1. The van der Waals surface area contributed by atoms with Gasteiger partial charge >= 0.3 is 5.97 Å². The van der Waals surface area contributed by atoms with Crippen molar-refractivity contribution in [2.75, 3.05) is 20.2 Å². The molecule has 8 nitrogen and oxygen atoms in total. The van der Waals surface area contributed by atoms with Crippen molar-refractivity contribution in [2.45, 2.75) is 62.7 Å². The molecule has 2 unspecified atom stereocenters. The maximum Gasteiger partial charge on any atom is 0.335 e. The van der Waals surface area contributed by atoms with Crippen molar-refractivity contribution in [3.05, 3.63) is 75.2 Å². The summed E-state index contributed by atoms with van der Waals surface area (Å²) in [6.45, 7) is 2.81. The Balaban J connectivity index is 1.44. The molecule has 1 aromatic heterocycles. The van der Waals surface area contributed by atoms with Gasteiger partial charge in [-0.05, 0) is 62.4 Å². The number of carboxylic acids is 1. The summed E-state index contributed by atoms with van der Waals surface area (Å²) < 4.78 is 50.5. The minimum atomic E-state index is -2.67. The van der Waals surface area contributed by atoms with Crippen LogP contribution in [-0.4, -0.2) is 69.0 Å². The molecule has 0 spiro atoms. The first-order valence-electron chi connectivity index (χ1n) is 14.1. The van der Waals surface area contributed by atoms with Crippen LogP contribution < -0.4 is 0 Å². The average molecular weight is 618 g/mol. The van der Waals surface area contributed by atoms with Crippen LogP contribution in [0.1, 0.15) is 65.2 Å². The van der Waals surface area contributed by atoms with Gasteiger partial charge in [-0.1, -0.05) is 23.7 Å². The van der Waals surface area contributed by atoms with Crippen LogP contribution in [0.15, 0.2) is 36.4 Å². The molecule has 2 aliphatic carbocycles. The number of hydrogen-bond acceptors (Lipinski definition) is 5. The fraction of sp³-hybridized carbons (Fsp3) is 0.452. The topological polar surface area (TPSA) is 105 Å². The molecule has 43 heavy (non-hydrogen) atoms. The number of likely N-dealkylation sites (tertiary alicyclic amines) is 1. The number of halogens is 4. The van der Waals surface area contributed by atoms with Gasteiger partial charge < -0.3 is 19.8 Å². The Bertz CT molecular complexity index is 1620. The highest BCUT2D eigenvalue weighted by Crippen LogP contribution is 2.55. The van der Waals surface area contributed by atoms with E-state index in [1.807, 2.05) is 6.92 Å². The van der Waals surface area contributed by atoms with Gasteiger partial charge in [0.05, 0.1) is 35.4 Å². The third-order valence-electron chi connectivity index (χ3n) is 9.26. The normalized spacial score (nSPS) is 20.8. The van der Waals surface area contributed by atoms with Crippen molar-refractivity contribution in [1.29, 1.82) is 0 Å². The van der Waals surface area contributed by atoms with Gasteiger partial charge in [-0.3, -0.25) is 4.79 Å². The molecule has 1 amide bonds. The Morgan fingerprint density at radius 3 is 2.51 bits per heavy atom. The molecule has 2 atom stereocenters. The Labute approximate surface area is 251 Å². The average Bonchev–Trinajstić information content (AvgIpc) is 3.70. The number of carboxylic acid groups (broad SMARTS) is 1. The first kappa shape index (κ1) is 29.7. The summed E-state index contributed by atoms with van der Waals surface area (Å²) in [7, 11) is 1.60. The van der Waals surface area contributed by atoms with Crippen LogP contribution in [0.3, 0.4) is 0 Å². The van der Waals surface area contributed by atoms with E-state index in [0.29, 0.717) is 37.2 Å². The minimum Gasteiger partial charge on any atom is -0.478 e. The second-order valence-corrected chi connectivity index (χ2v) is 12.4. The van der Waals surface area contributed by atoms with Crippen LogP contribution in [0.4, 0.5) is 13.2 Å². The monoisotopic (exact) mass is 617 g/mol. The number of amides is 1. The molecule has 3 aliphatic rings. The smallest absolute Gasteiger partial charge is 0.335 e. The molecule has 1 saturated carbocycles. The summed E-state index contributed by atoms with van der Waals surface area (Å²) in [5, 5.41) is 25.8. The Morgan fingerprint density at radius 1 is 1.19 bits per heavy atom. The van der Waals surface area contributed by atoms with Gasteiger partial charge in [0.15, 0.2) is 6.23 Å².